The van der Waals surface area contributed by atoms with Crippen LogP contribution in [0.3, 0.4) is 0 Å². The third-order valence-electron chi connectivity index (χ3n) is 5.25. The molecule has 1 saturated heterocycles. The second kappa shape index (κ2) is 10.0. The number of aromatic nitrogens is 1. The van der Waals surface area contributed by atoms with E-state index >= 15 is 0 Å². The van der Waals surface area contributed by atoms with Gasteiger partial charge in [-0.15, -0.1) is 11.3 Å². The summed E-state index contributed by atoms with van der Waals surface area (Å²) in [5.41, 5.74) is 1.29. The minimum absolute atomic E-state index is 0.0646. The molecule has 1 aliphatic rings. The lowest BCUT2D eigenvalue weighted by Gasteiger charge is -2.13. The molecule has 1 N–H and O–H groups in total. The van der Waals surface area contributed by atoms with Gasteiger partial charge in [-0.1, -0.05) is 30.3 Å². The van der Waals surface area contributed by atoms with Crippen molar-refractivity contribution < 1.29 is 18.7 Å². The largest absolute Gasteiger partial charge is 0.376 e. The van der Waals surface area contributed by atoms with Crippen LogP contribution in [0.2, 0.25) is 0 Å². The molecule has 0 aliphatic carbocycles. The molecule has 4 rings (SSSR count). The summed E-state index contributed by atoms with van der Waals surface area (Å²) in [7, 11) is 0. The molecule has 0 radical (unpaired) electrons. The van der Waals surface area contributed by atoms with Crippen molar-refractivity contribution >= 4 is 23.2 Å². The fraction of sp³-hybridized carbons (Fsp3) is 0.292. The Labute approximate surface area is 189 Å². The van der Waals surface area contributed by atoms with E-state index in [1.807, 2.05) is 35.9 Å². The van der Waals surface area contributed by atoms with Crippen molar-refractivity contribution in [1.82, 2.24) is 9.88 Å². The quantitative estimate of drug-likeness (QED) is 0.619. The van der Waals surface area contributed by atoms with Gasteiger partial charge in [0.15, 0.2) is 4.80 Å². The van der Waals surface area contributed by atoms with Gasteiger partial charge in [0.2, 0.25) is 0 Å². The Morgan fingerprint density at radius 1 is 1.19 bits per heavy atom. The number of amides is 2. The van der Waals surface area contributed by atoms with Gasteiger partial charge in [-0.3, -0.25) is 9.59 Å². The van der Waals surface area contributed by atoms with Crippen LogP contribution in [0.1, 0.15) is 44.0 Å². The number of thiazole rings is 1. The number of halogens is 1. The number of carbonyl (C=O) groups is 2. The first-order valence-corrected chi connectivity index (χ1v) is 11.3. The first-order chi connectivity index (χ1) is 15.5. The zero-order chi connectivity index (χ0) is 22.5. The molecule has 2 aromatic carbocycles. The van der Waals surface area contributed by atoms with E-state index < -0.39 is 11.7 Å². The molecule has 0 unspecified atom stereocenters. The van der Waals surface area contributed by atoms with Crippen LogP contribution < -0.4 is 10.1 Å². The minimum atomic E-state index is -0.638. The molecule has 1 fully saturated rings. The lowest BCUT2D eigenvalue weighted by molar-refractivity contribution is 0.0856. The molecule has 1 aliphatic heterocycles. The van der Waals surface area contributed by atoms with Gasteiger partial charge in [-0.05, 0) is 43.5 Å². The Bertz CT molecular complexity index is 1190. The topological polar surface area (TPSA) is 72.7 Å². The van der Waals surface area contributed by atoms with Crippen molar-refractivity contribution in [3.8, 4) is 0 Å². The number of aryl methyl sites for hydroxylation is 1. The summed E-state index contributed by atoms with van der Waals surface area (Å²) in [6.45, 7) is 3.49. The zero-order valence-corrected chi connectivity index (χ0v) is 18.5. The van der Waals surface area contributed by atoms with Gasteiger partial charge in [0, 0.05) is 29.8 Å². The van der Waals surface area contributed by atoms with Gasteiger partial charge in [-0.25, -0.2) is 4.39 Å². The molecule has 0 saturated carbocycles. The maximum absolute atomic E-state index is 14.0. The summed E-state index contributed by atoms with van der Waals surface area (Å²) in [5.74, 6) is -1.40. The Balaban J connectivity index is 1.57. The SMILES string of the molecule is Cc1cn(Cc2ccccc2C(=O)NC[C@@H]2CCCO2)c(=NC(=O)c2ccccc2F)s1. The van der Waals surface area contributed by atoms with Crippen LogP contribution in [0.4, 0.5) is 4.39 Å². The third-order valence-corrected chi connectivity index (χ3v) is 6.19. The smallest absolute Gasteiger partial charge is 0.282 e. The lowest BCUT2D eigenvalue weighted by atomic mass is 10.1. The second-order valence-corrected chi connectivity index (χ2v) is 8.86. The standard InChI is InChI=1S/C24H24FN3O3S/c1-16-14-28(24(32-16)27-23(30)20-10-4-5-11-21(20)25)15-17-7-2-3-9-19(17)22(29)26-13-18-8-6-12-31-18/h2-5,7,9-11,14,18H,6,8,12-13,15H2,1H3,(H,26,29)/t18-/m0/s1. The van der Waals surface area contributed by atoms with Gasteiger partial charge in [0.25, 0.3) is 11.8 Å². The first kappa shape index (κ1) is 22.1. The molecule has 8 heteroatoms. The Hall–Kier alpha value is -3.10. The average molecular weight is 454 g/mol. The molecule has 1 atom stereocenters. The van der Waals surface area contributed by atoms with Crippen molar-refractivity contribution in [2.75, 3.05) is 13.2 Å². The molecular formula is C24H24FN3O3S. The summed E-state index contributed by atoms with van der Waals surface area (Å²) in [5, 5.41) is 2.96. The number of hydrogen-bond acceptors (Lipinski definition) is 4. The predicted octanol–water partition coefficient (Wildman–Crippen LogP) is 3.70. The summed E-state index contributed by atoms with van der Waals surface area (Å²) in [4.78, 5) is 30.9. The molecule has 2 heterocycles. The average Bonchev–Trinajstić information content (AvgIpc) is 3.42. The molecule has 166 valence electrons. The number of carbonyl (C=O) groups excluding carboxylic acids is 2. The fourth-order valence-corrected chi connectivity index (χ4v) is 4.49. The van der Waals surface area contributed by atoms with Crippen LogP contribution in [0.5, 0.6) is 0 Å². The third kappa shape index (κ3) is 5.20. The molecule has 1 aromatic heterocycles. The Kier molecular flexibility index (Phi) is 6.92. The molecule has 0 bridgehead atoms. The van der Waals surface area contributed by atoms with Crippen molar-refractivity contribution in [2.24, 2.45) is 4.99 Å². The fourth-order valence-electron chi connectivity index (χ4n) is 3.66. The highest BCUT2D eigenvalue weighted by Gasteiger charge is 2.18. The Morgan fingerprint density at radius 3 is 2.69 bits per heavy atom. The number of nitrogens with one attached hydrogen (secondary N) is 1. The van der Waals surface area contributed by atoms with Crippen LogP contribution in [-0.4, -0.2) is 35.6 Å². The first-order valence-electron chi connectivity index (χ1n) is 10.5. The van der Waals surface area contributed by atoms with Gasteiger partial charge < -0.3 is 14.6 Å². The van der Waals surface area contributed by atoms with Crippen molar-refractivity contribution in [3.05, 3.63) is 86.9 Å². The van der Waals surface area contributed by atoms with Crippen LogP contribution >= 0.6 is 11.3 Å². The number of benzene rings is 2. The summed E-state index contributed by atoms with van der Waals surface area (Å²) in [6, 6.07) is 13.1. The van der Waals surface area contributed by atoms with Crippen LogP contribution in [0, 0.1) is 12.7 Å². The van der Waals surface area contributed by atoms with Crippen molar-refractivity contribution in [3.63, 3.8) is 0 Å². The van der Waals surface area contributed by atoms with Gasteiger partial charge >= 0.3 is 0 Å². The van der Waals surface area contributed by atoms with E-state index in [9.17, 15) is 14.0 Å². The van der Waals surface area contributed by atoms with Crippen LogP contribution in [0.15, 0.2) is 59.7 Å². The van der Waals surface area contributed by atoms with E-state index in [0.29, 0.717) is 23.5 Å². The lowest BCUT2D eigenvalue weighted by Crippen LogP contribution is -2.32. The summed E-state index contributed by atoms with van der Waals surface area (Å²) < 4.78 is 21.4. The number of nitrogens with zero attached hydrogens (tertiary/aromatic N) is 2. The van der Waals surface area contributed by atoms with Gasteiger partial charge in [-0.2, -0.15) is 4.99 Å². The highest BCUT2D eigenvalue weighted by atomic mass is 32.1. The Morgan fingerprint density at radius 2 is 1.94 bits per heavy atom. The van der Waals surface area contributed by atoms with E-state index in [1.54, 1.807) is 12.1 Å². The maximum Gasteiger partial charge on any atom is 0.282 e. The minimum Gasteiger partial charge on any atom is -0.376 e. The summed E-state index contributed by atoms with van der Waals surface area (Å²) in [6.07, 6.45) is 3.91. The van der Waals surface area contributed by atoms with Crippen molar-refractivity contribution in [2.45, 2.75) is 32.4 Å². The highest BCUT2D eigenvalue weighted by molar-refractivity contribution is 7.09. The predicted molar refractivity (Wildman–Crippen MR) is 120 cm³/mol. The van der Waals surface area contributed by atoms with E-state index in [1.165, 1.54) is 29.5 Å². The van der Waals surface area contributed by atoms with E-state index in [4.69, 9.17) is 4.74 Å². The molecule has 0 spiro atoms. The monoisotopic (exact) mass is 453 g/mol. The molecule has 32 heavy (non-hydrogen) atoms. The number of hydrogen-bond donors (Lipinski definition) is 1. The van der Waals surface area contributed by atoms with Gasteiger partial charge in [0.05, 0.1) is 18.2 Å². The van der Waals surface area contributed by atoms with E-state index in [2.05, 4.69) is 10.3 Å². The normalized spacial score (nSPS) is 16.3. The van der Waals surface area contributed by atoms with Crippen LogP contribution in [-0.2, 0) is 11.3 Å². The van der Waals surface area contributed by atoms with Crippen molar-refractivity contribution in [1.29, 1.82) is 0 Å². The maximum atomic E-state index is 14.0. The molecular weight excluding hydrogens is 429 g/mol. The number of rotatable bonds is 6. The summed E-state index contributed by atoms with van der Waals surface area (Å²) >= 11 is 1.34. The van der Waals surface area contributed by atoms with E-state index in [0.717, 1.165) is 29.9 Å². The molecule has 2 amide bonds. The second-order valence-electron chi connectivity index (χ2n) is 7.65. The highest BCUT2D eigenvalue weighted by Crippen LogP contribution is 2.14. The van der Waals surface area contributed by atoms with Gasteiger partial charge in [0.1, 0.15) is 5.82 Å². The molecule has 6 nitrogen and oxygen atoms in total. The molecule has 3 aromatic rings. The van der Waals surface area contributed by atoms with Crippen LogP contribution in [0.25, 0.3) is 0 Å². The number of ether oxygens (including phenoxy) is 1. The van der Waals surface area contributed by atoms with E-state index in [-0.39, 0.29) is 17.6 Å². The zero-order valence-electron chi connectivity index (χ0n) is 17.7.